The minimum Gasteiger partial charge on any atom is -0.507 e. The Kier molecular flexibility index (Phi) is 14.3. The van der Waals surface area contributed by atoms with Crippen LogP contribution in [0.2, 0.25) is 0 Å². The van der Waals surface area contributed by atoms with E-state index in [1.807, 2.05) is 0 Å². The number of phenols is 4. The number of aliphatic hydroxyl groups excluding tert-OH is 8. The molecule has 4 aromatic rings. The molecule has 15 atom stereocenters. The van der Waals surface area contributed by atoms with E-state index in [-0.39, 0.29) is 34.0 Å². The standard InChI is InChI=1S/C43H48O23/c1-15-29(49)33(53)36(56)41(60-15)62-19-12-23(47)28-25(13-19)63-38(18-6-8-21(45)24(11-18)58-3)39(32(28)52)65-43-40(66-42-37(57)34(54)30(50)16(2)61-42)35(55)31(51)26(64-43)14-59-27(48)9-5-17-4-7-20(44)22(46)10-17/h4-13,15-16,26,29-31,33-37,40-47,49-51,53-57H,14H2,1-3H3/b9-5+. The molecule has 0 spiro atoms. The Morgan fingerprint density at radius 1 is 0.667 bits per heavy atom. The lowest BCUT2D eigenvalue weighted by molar-refractivity contribution is -0.354. The lowest BCUT2D eigenvalue weighted by Crippen LogP contribution is -2.64. The summed E-state index contributed by atoms with van der Waals surface area (Å²) in [5.74, 6) is -4.60. The highest BCUT2D eigenvalue weighted by Crippen LogP contribution is 2.41. The Morgan fingerprint density at radius 2 is 1.32 bits per heavy atom. The maximum Gasteiger partial charge on any atom is 0.330 e. The van der Waals surface area contributed by atoms with Crippen LogP contribution in [0, 0.1) is 0 Å². The molecule has 0 aliphatic carbocycles. The molecule has 3 aliphatic rings. The van der Waals surface area contributed by atoms with Crippen molar-refractivity contribution in [3.8, 4) is 51.6 Å². The maximum absolute atomic E-state index is 14.6. The van der Waals surface area contributed by atoms with Gasteiger partial charge in [-0.15, -0.1) is 0 Å². The van der Waals surface area contributed by atoms with Crippen LogP contribution in [-0.2, 0) is 28.5 Å². The number of aliphatic hydroxyl groups is 8. The van der Waals surface area contributed by atoms with E-state index in [1.54, 1.807) is 0 Å². The molecule has 12 N–H and O–H groups in total. The van der Waals surface area contributed by atoms with Crippen LogP contribution >= 0.6 is 0 Å². The highest BCUT2D eigenvalue weighted by Gasteiger charge is 2.52. The summed E-state index contributed by atoms with van der Waals surface area (Å²) in [6, 6.07) is 9.48. The molecule has 3 saturated heterocycles. The lowest BCUT2D eigenvalue weighted by atomic mass is 9.97. The topological polar surface area (TPSA) is 364 Å². The quantitative estimate of drug-likeness (QED) is 0.0450. The molecule has 0 saturated carbocycles. The Balaban J connectivity index is 1.27. The summed E-state index contributed by atoms with van der Waals surface area (Å²) < 4.78 is 51.5. The van der Waals surface area contributed by atoms with Crippen molar-refractivity contribution >= 4 is 23.0 Å². The molecule has 23 nitrogen and oxygen atoms in total. The van der Waals surface area contributed by atoms with E-state index in [1.165, 1.54) is 57.4 Å². The predicted molar refractivity (Wildman–Crippen MR) is 219 cm³/mol. The van der Waals surface area contributed by atoms with Crippen molar-refractivity contribution in [1.29, 1.82) is 0 Å². The number of fused-ring (bicyclic) bond motifs is 1. The highest BCUT2D eigenvalue weighted by atomic mass is 16.8. The molecule has 3 aromatic carbocycles. The normalized spacial score (nSPS) is 32.6. The summed E-state index contributed by atoms with van der Waals surface area (Å²) in [5, 5.41) is 126. The molecule has 7 rings (SSSR count). The van der Waals surface area contributed by atoms with Gasteiger partial charge in [0.15, 0.2) is 41.2 Å². The highest BCUT2D eigenvalue weighted by molar-refractivity contribution is 5.89. The van der Waals surface area contributed by atoms with Crippen molar-refractivity contribution < 1.29 is 108 Å². The molecule has 3 fully saturated rings. The number of hydrogen-bond donors (Lipinski definition) is 12. The average Bonchev–Trinajstić information content (AvgIpc) is 3.28. The van der Waals surface area contributed by atoms with Gasteiger partial charge in [-0.2, -0.15) is 0 Å². The molecule has 0 amide bonds. The van der Waals surface area contributed by atoms with Crippen LogP contribution in [0.25, 0.3) is 28.4 Å². The summed E-state index contributed by atoms with van der Waals surface area (Å²) in [5.41, 5.74) is -1.23. The second kappa shape index (κ2) is 19.6. The van der Waals surface area contributed by atoms with Gasteiger partial charge < -0.3 is 104 Å². The summed E-state index contributed by atoms with van der Waals surface area (Å²) in [7, 11) is 1.23. The smallest absolute Gasteiger partial charge is 0.330 e. The van der Waals surface area contributed by atoms with Gasteiger partial charge in [-0.25, -0.2) is 4.79 Å². The third kappa shape index (κ3) is 9.69. The van der Waals surface area contributed by atoms with E-state index in [9.17, 15) is 70.9 Å². The van der Waals surface area contributed by atoms with Crippen molar-refractivity contribution in [3.05, 3.63) is 70.4 Å². The molecule has 1 aromatic heterocycles. The van der Waals surface area contributed by atoms with Crippen LogP contribution < -0.4 is 19.6 Å². The van der Waals surface area contributed by atoms with Gasteiger partial charge in [0.05, 0.1) is 19.3 Å². The summed E-state index contributed by atoms with van der Waals surface area (Å²) in [4.78, 5) is 27.4. The summed E-state index contributed by atoms with van der Waals surface area (Å²) in [6.07, 6.45) is -23.4. The van der Waals surface area contributed by atoms with Crippen molar-refractivity contribution in [2.75, 3.05) is 13.7 Å². The van der Waals surface area contributed by atoms with Crippen LogP contribution in [-0.4, -0.2) is 173 Å². The number of aromatic hydroxyl groups is 4. The number of carbonyl (C=O) groups is 1. The minimum absolute atomic E-state index is 0.0218. The molecule has 4 heterocycles. The molecule has 23 heteroatoms. The number of methoxy groups -OCH3 is 1. The Labute approximate surface area is 372 Å². The van der Waals surface area contributed by atoms with E-state index in [4.69, 9.17) is 42.3 Å². The number of hydrogen-bond acceptors (Lipinski definition) is 23. The van der Waals surface area contributed by atoms with Crippen molar-refractivity contribution in [2.24, 2.45) is 0 Å². The SMILES string of the molecule is COc1cc(-c2oc3cc(OC4OC(C)C(O)C(O)C4O)cc(O)c3c(=O)c2OC2OC(COC(=O)/C=C/c3ccc(O)c(O)c3)C(O)C(O)C2OC2OC(C)C(O)C(O)C2O)ccc1O. The Hall–Kier alpha value is -5.80. The van der Waals surface area contributed by atoms with Crippen LogP contribution in [0.1, 0.15) is 19.4 Å². The van der Waals surface area contributed by atoms with Crippen molar-refractivity contribution in [1.82, 2.24) is 0 Å². The molecule has 358 valence electrons. The number of benzene rings is 3. The molecule has 0 radical (unpaired) electrons. The molecular formula is C43H48O23. The zero-order chi connectivity index (χ0) is 47.9. The van der Waals surface area contributed by atoms with Gasteiger partial charge in [0.25, 0.3) is 0 Å². The fraction of sp³-hybridized carbons (Fsp3) is 0.442. The van der Waals surface area contributed by atoms with Gasteiger partial charge in [0.2, 0.25) is 23.8 Å². The third-order valence-corrected chi connectivity index (χ3v) is 11.2. The molecule has 3 aliphatic heterocycles. The van der Waals surface area contributed by atoms with Crippen molar-refractivity contribution in [3.63, 3.8) is 0 Å². The van der Waals surface area contributed by atoms with E-state index in [0.29, 0.717) is 0 Å². The monoisotopic (exact) mass is 932 g/mol. The first-order chi connectivity index (χ1) is 31.3. The van der Waals surface area contributed by atoms with E-state index in [2.05, 4.69) is 0 Å². The van der Waals surface area contributed by atoms with E-state index < -0.39 is 144 Å². The van der Waals surface area contributed by atoms with E-state index >= 15 is 0 Å². The van der Waals surface area contributed by atoms with Crippen LogP contribution in [0.5, 0.6) is 40.2 Å². The number of carbonyl (C=O) groups excluding carboxylic acids is 1. The second-order valence-corrected chi connectivity index (χ2v) is 15.7. The zero-order valence-corrected chi connectivity index (χ0v) is 35.0. The van der Waals surface area contributed by atoms with E-state index in [0.717, 1.165) is 24.3 Å². The van der Waals surface area contributed by atoms with Gasteiger partial charge in [0.1, 0.15) is 84.0 Å². The van der Waals surface area contributed by atoms with Gasteiger partial charge in [-0.05, 0) is 55.8 Å². The summed E-state index contributed by atoms with van der Waals surface area (Å²) in [6.45, 7) is 1.97. The zero-order valence-electron chi connectivity index (χ0n) is 35.0. The number of phenolic OH excluding ortho intramolecular Hbond substituents is 4. The number of ether oxygens (including phenoxy) is 8. The fourth-order valence-corrected chi connectivity index (χ4v) is 7.39. The first kappa shape index (κ1) is 48.1. The largest absolute Gasteiger partial charge is 0.507 e. The average molecular weight is 933 g/mol. The Bertz CT molecular complexity index is 2470. The first-order valence-electron chi connectivity index (χ1n) is 20.3. The molecular weight excluding hydrogens is 884 g/mol. The van der Waals surface area contributed by atoms with Gasteiger partial charge in [-0.3, -0.25) is 4.79 Å². The predicted octanol–water partition coefficient (Wildman–Crippen LogP) is -1.21. The van der Waals surface area contributed by atoms with Gasteiger partial charge in [0, 0.05) is 23.8 Å². The minimum atomic E-state index is -2.09. The van der Waals surface area contributed by atoms with Crippen LogP contribution in [0.3, 0.4) is 0 Å². The maximum atomic E-state index is 14.6. The molecule has 66 heavy (non-hydrogen) atoms. The fourth-order valence-electron chi connectivity index (χ4n) is 7.39. The lowest BCUT2D eigenvalue weighted by Gasteiger charge is -2.45. The molecule has 0 bridgehead atoms. The second-order valence-electron chi connectivity index (χ2n) is 15.7. The number of esters is 1. The van der Waals surface area contributed by atoms with Gasteiger partial charge in [-0.1, -0.05) is 6.07 Å². The summed E-state index contributed by atoms with van der Waals surface area (Å²) >= 11 is 0. The molecule has 15 unspecified atom stereocenters. The first-order valence-corrected chi connectivity index (χ1v) is 20.3. The number of rotatable bonds is 12. The van der Waals surface area contributed by atoms with Crippen LogP contribution in [0.15, 0.2) is 63.8 Å². The van der Waals surface area contributed by atoms with Crippen LogP contribution in [0.4, 0.5) is 0 Å². The van der Waals surface area contributed by atoms with Gasteiger partial charge >= 0.3 is 5.97 Å². The van der Waals surface area contributed by atoms with Crippen molar-refractivity contribution in [2.45, 2.75) is 106 Å². The third-order valence-electron chi connectivity index (χ3n) is 11.2. The Morgan fingerprint density at radius 3 is 1.98 bits per heavy atom.